The minimum Gasteiger partial charge on any atom is -0.337 e. The van der Waals surface area contributed by atoms with E-state index in [-0.39, 0.29) is 17.5 Å². The Morgan fingerprint density at radius 3 is 2.83 bits per heavy atom. The van der Waals surface area contributed by atoms with Gasteiger partial charge in [-0.25, -0.2) is 4.98 Å². The van der Waals surface area contributed by atoms with Crippen molar-refractivity contribution in [3.05, 3.63) is 52.0 Å². The van der Waals surface area contributed by atoms with Crippen molar-refractivity contribution in [1.82, 2.24) is 24.3 Å². The topological polar surface area (TPSA) is 74.2 Å². The van der Waals surface area contributed by atoms with E-state index in [1.54, 1.807) is 13.1 Å². The Hall–Kier alpha value is -2.41. The van der Waals surface area contributed by atoms with Gasteiger partial charge in [-0.1, -0.05) is 6.92 Å². The number of carbonyl (C=O) groups is 1. The van der Waals surface area contributed by atoms with Gasteiger partial charge in [-0.05, 0) is 19.0 Å². The average molecular weight is 329 g/mol. The summed E-state index contributed by atoms with van der Waals surface area (Å²) < 4.78 is 2.01. The third-order valence-electron chi connectivity index (χ3n) is 4.70. The highest BCUT2D eigenvalue weighted by molar-refractivity contribution is 5.95. The van der Waals surface area contributed by atoms with Crippen molar-refractivity contribution >= 4 is 5.91 Å². The molecule has 24 heavy (non-hydrogen) atoms. The summed E-state index contributed by atoms with van der Waals surface area (Å²) in [4.78, 5) is 35.5. The second-order valence-electron chi connectivity index (χ2n) is 6.19. The smallest absolute Gasteiger partial charge is 0.255 e. The van der Waals surface area contributed by atoms with Gasteiger partial charge in [0.05, 0.1) is 11.6 Å². The van der Waals surface area contributed by atoms with Crippen molar-refractivity contribution in [2.45, 2.75) is 19.9 Å². The molecule has 1 aliphatic rings. The molecule has 1 atom stereocenters. The van der Waals surface area contributed by atoms with Gasteiger partial charge in [0.25, 0.3) is 5.91 Å². The van der Waals surface area contributed by atoms with Gasteiger partial charge >= 0.3 is 0 Å². The molecule has 1 N–H and O–H groups in total. The lowest BCUT2D eigenvalue weighted by molar-refractivity contribution is 0.0472. The molecule has 1 amide bonds. The third-order valence-corrected chi connectivity index (χ3v) is 4.70. The highest BCUT2D eigenvalue weighted by Gasteiger charge is 2.32. The van der Waals surface area contributed by atoms with Gasteiger partial charge in [-0.15, -0.1) is 0 Å². The van der Waals surface area contributed by atoms with Crippen molar-refractivity contribution in [1.29, 1.82) is 0 Å². The quantitative estimate of drug-likeness (QED) is 0.909. The first-order chi connectivity index (χ1) is 11.5. The monoisotopic (exact) mass is 329 g/mol. The lowest BCUT2D eigenvalue weighted by Crippen LogP contribution is -2.51. The van der Waals surface area contributed by atoms with E-state index in [1.807, 2.05) is 22.7 Å². The van der Waals surface area contributed by atoms with Crippen LogP contribution in [0.4, 0.5) is 0 Å². The Kier molecular flexibility index (Phi) is 4.53. The maximum absolute atomic E-state index is 12.9. The van der Waals surface area contributed by atoms with E-state index in [0.29, 0.717) is 24.2 Å². The van der Waals surface area contributed by atoms with Crippen LogP contribution in [0.1, 0.15) is 34.7 Å². The van der Waals surface area contributed by atoms with E-state index in [4.69, 9.17) is 0 Å². The van der Waals surface area contributed by atoms with E-state index in [0.717, 1.165) is 18.9 Å². The molecule has 1 saturated heterocycles. The number of piperazine rings is 1. The van der Waals surface area contributed by atoms with E-state index >= 15 is 0 Å². The van der Waals surface area contributed by atoms with Crippen LogP contribution in [0.2, 0.25) is 0 Å². The van der Waals surface area contributed by atoms with Gasteiger partial charge in [0.1, 0.15) is 5.82 Å². The van der Waals surface area contributed by atoms with Crippen LogP contribution in [-0.2, 0) is 7.05 Å². The van der Waals surface area contributed by atoms with Gasteiger partial charge in [0.2, 0.25) is 5.56 Å². The van der Waals surface area contributed by atoms with E-state index < -0.39 is 0 Å². The van der Waals surface area contributed by atoms with Crippen LogP contribution in [0.15, 0.2) is 29.5 Å². The van der Waals surface area contributed by atoms with Crippen LogP contribution in [0.25, 0.3) is 0 Å². The molecule has 0 bridgehead atoms. The summed E-state index contributed by atoms with van der Waals surface area (Å²) in [7, 11) is 1.98. The minimum atomic E-state index is -0.189. The van der Waals surface area contributed by atoms with Gasteiger partial charge in [-0.2, -0.15) is 0 Å². The number of nitrogens with zero attached hydrogens (tertiary/aromatic N) is 4. The number of hydrogen-bond acceptors (Lipinski definition) is 4. The van der Waals surface area contributed by atoms with E-state index in [1.165, 1.54) is 12.3 Å². The number of pyridine rings is 1. The Morgan fingerprint density at radius 2 is 2.21 bits per heavy atom. The van der Waals surface area contributed by atoms with Gasteiger partial charge in [-0.3, -0.25) is 14.5 Å². The second kappa shape index (κ2) is 6.60. The molecular weight excluding hydrogens is 306 g/mol. The van der Waals surface area contributed by atoms with Crippen LogP contribution in [0.3, 0.4) is 0 Å². The predicted molar refractivity (Wildman–Crippen MR) is 90.9 cm³/mol. The van der Waals surface area contributed by atoms with Crippen molar-refractivity contribution in [3.63, 3.8) is 0 Å². The van der Waals surface area contributed by atoms with E-state index in [2.05, 4.69) is 21.8 Å². The third kappa shape index (κ3) is 2.99. The maximum Gasteiger partial charge on any atom is 0.255 e. The number of carbonyl (C=O) groups excluding carboxylic acids is 1. The molecule has 1 fully saturated rings. The fourth-order valence-corrected chi connectivity index (χ4v) is 3.30. The predicted octanol–water partition coefficient (Wildman–Crippen LogP) is 0.936. The molecule has 7 nitrogen and oxygen atoms in total. The van der Waals surface area contributed by atoms with Gasteiger partial charge < -0.3 is 14.5 Å². The van der Waals surface area contributed by atoms with Crippen LogP contribution in [-0.4, -0.2) is 56.4 Å². The molecule has 0 radical (unpaired) electrons. The summed E-state index contributed by atoms with van der Waals surface area (Å²) in [6, 6.07) is 1.54. The molecule has 2 aromatic rings. The van der Waals surface area contributed by atoms with Gasteiger partial charge in [0, 0.05) is 51.3 Å². The Labute approximate surface area is 140 Å². The zero-order valence-corrected chi connectivity index (χ0v) is 14.3. The number of hydrogen-bond donors (Lipinski definition) is 1. The van der Waals surface area contributed by atoms with Crippen molar-refractivity contribution < 1.29 is 4.79 Å². The first-order valence-electron chi connectivity index (χ1n) is 8.21. The molecular formula is C17H23N5O2. The number of amides is 1. The highest BCUT2D eigenvalue weighted by Crippen LogP contribution is 2.25. The van der Waals surface area contributed by atoms with Crippen LogP contribution >= 0.6 is 0 Å². The standard InChI is InChI=1S/C17H23N5O2/c1-4-21-7-8-22(11-14(21)16-18-5-6-20(16)3)17(24)13-10-19-15(23)9-12(13)2/h5-6,9-10,14H,4,7-8,11H2,1-3H3,(H,19,23). The van der Waals surface area contributed by atoms with Crippen molar-refractivity contribution in [2.75, 3.05) is 26.2 Å². The Morgan fingerprint density at radius 1 is 1.42 bits per heavy atom. The molecule has 7 heteroatoms. The molecule has 3 heterocycles. The normalized spacial score (nSPS) is 18.8. The Bertz CT molecular complexity index is 794. The van der Waals surface area contributed by atoms with E-state index in [9.17, 15) is 9.59 Å². The SMILES string of the molecule is CCN1CCN(C(=O)c2c[nH]c(=O)cc2C)CC1c1nccn1C. The van der Waals surface area contributed by atoms with Crippen molar-refractivity contribution in [2.24, 2.45) is 7.05 Å². The average Bonchev–Trinajstić information content (AvgIpc) is 2.99. The lowest BCUT2D eigenvalue weighted by atomic mass is 10.1. The zero-order valence-electron chi connectivity index (χ0n) is 14.3. The summed E-state index contributed by atoms with van der Waals surface area (Å²) in [5, 5.41) is 0. The molecule has 0 aliphatic carbocycles. The second-order valence-corrected chi connectivity index (χ2v) is 6.19. The number of aryl methyl sites for hydroxylation is 2. The lowest BCUT2D eigenvalue weighted by Gasteiger charge is -2.40. The fraction of sp³-hybridized carbons (Fsp3) is 0.471. The number of likely N-dealkylation sites (N-methyl/N-ethyl adjacent to an activating group) is 1. The van der Waals surface area contributed by atoms with Crippen molar-refractivity contribution in [3.8, 4) is 0 Å². The first-order valence-corrected chi connectivity index (χ1v) is 8.21. The van der Waals surface area contributed by atoms with Crippen LogP contribution in [0.5, 0.6) is 0 Å². The Balaban J connectivity index is 1.86. The number of aromatic nitrogens is 3. The first kappa shape index (κ1) is 16.4. The summed E-state index contributed by atoms with van der Waals surface area (Å²) in [6.07, 6.45) is 5.23. The molecule has 2 aromatic heterocycles. The molecule has 1 unspecified atom stereocenters. The largest absolute Gasteiger partial charge is 0.337 e. The number of rotatable bonds is 3. The fourth-order valence-electron chi connectivity index (χ4n) is 3.30. The molecule has 0 saturated carbocycles. The summed E-state index contributed by atoms with van der Waals surface area (Å²) >= 11 is 0. The van der Waals surface area contributed by atoms with Crippen LogP contribution < -0.4 is 5.56 Å². The maximum atomic E-state index is 12.9. The number of imidazole rings is 1. The molecule has 3 rings (SSSR count). The summed E-state index contributed by atoms with van der Waals surface area (Å²) in [5.74, 6) is 0.922. The van der Waals surface area contributed by atoms with Gasteiger partial charge in [0.15, 0.2) is 0 Å². The minimum absolute atomic E-state index is 0.0429. The molecule has 1 aliphatic heterocycles. The number of nitrogens with one attached hydrogen (secondary N) is 1. The number of H-pyrrole nitrogens is 1. The highest BCUT2D eigenvalue weighted by atomic mass is 16.2. The molecule has 128 valence electrons. The molecule has 0 aromatic carbocycles. The zero-order chi connectivity index (χ0) is 17.3. The van der Waals surface area contributed by atoms with Crippen LogP contribution in [0, 0.1) is 6.92 Å². The number of aromatic amines is 1. The summed E-state index contributed by atoms with van der Waals surface area (Å²) in [5.41, 5.74) is 1.07. The summed E-state index contributed by atoms with van der Waals surface area (Å²) in [6.45, 7) is 6.90. The molecule has 0 spiro atoms.